The Balaban J connectivity index is 1.62. The monoisotopic (exact) mass is 362 g/mol. The Morgan fingerprint density at radius 1 is 1.12 bits per heavy atom. The van der Waals surface area contributed by atoms with Crippen molar-refractivity contribution < 1.29 is 18.7 Å². The van der Waals surface area contributed by atoms with E-state index in [-0.39, 0.29) is 28.7 Å². The highest BCUT2D eigenvalue weighted by atomic mass is 19.1. The van der Waals surface area contributed by atoms with Gasteiger partial charge < -0.3 is 4.74 Å². The number of carbonyl (C=O) groups is 2. The van der Waals surface area contributed by atoms with Gasteiger partial charge in [-0.25, -0.2) is 4.39 Å². The zero-order valence-corrected chi connectivity index (χ0v) is 16.3. The molecule has 4 rings (SSSR count). The largest absolute Gasteiger partial charge is 0.462 e. The van der Waals surface area contributed by atoms with Gasteiger partial charge in [-0.15, -0.1) is 0 Å². The molecule has 0 aromatic heterocycles. The standard InChI is InChI=1S/C22H31FO3/c1-4-19(25)26-18-8-7-14-13-5-6-16-20(23)17(24)10-12-21(16,2)15(13)9-11-22(14,18)3/h13-15,18H,4-12H2,1-3H3/t13-,14-,15-,18-,21+,22-/m0/s1. The highest BCUT2D eigenvalue weighted by Gasteiger charge is 2.60. The molecule has 0 aromatic carbocycles. The molecule has 0 aromatic rings. The molecule has 3 fully saturated rings. The number of hydrogen-bond donors (Lipinski definition) is 0. The van der Waals surface area contributed by atoms with Gasteiger partial charge in [-0.05, 0) is 73.7 Å². The van der Waals surface area contributed by atoms with E-state index in [2.05, 4.69) is 13.8 Å². The van der Waals surface area contributed by atoms with E-state index >= 15 is 0 Å². The number of halogens is 1. The lowest BCUT2D eigenvalue weighted by molar-refractivity contribution is -0.159. The van der Waals surface area contributed by atoms with Crippen LogP contribution in [0, 0.1) is 28.6 Å². The third-order valence-corrected chi connectivity index (χ3v) is 8.53. The van der Waals surface area contributed by atoms with Crippen molar-refractivity contribution in [2.45, 2.75) is 84.7 Å². The summed E-state index contributed by atoms with van der Waals surface area (Å²) in [6.07, 6.45) is 7.49. The van der Waals surface area contributed by atoms with Crippen LogP contribution in [0.3, 0.4) is 0 Å². The van der Waals surface area contributed by atoms with Crippen molar-refractivity contribution in [1.29, 1.82) is 0 Å². The molecule has 0 saturated heterocycles. The van der Waals surface area contributed by atoms with E-state index in [9.17, 15) is 14.0 Å². The summed E-state index contributed by atoms with van der Waals surface area (Å²) in [4.78, 5) is 23.7. The zero-order chi connectivity index (χ0) is 18.7. The van der Waals surface area contributed by atoms with Crippen LogP contribution in [0.4, 0.5) is 4.39 Å². The predicted octanol–water partition coefficient (Wildman–Crippen LogP) is 5.14. The minimum Gasteiger partial charge on any atom is -0.462 e. The Hall–Kier alpha value is -1.19. The van der Waals surface area contributed by atoms with Crippen LogP contribution in [0.1, 0.15) is 78.6 Å². The SMILES string of the molecule is CCC(=O)O[C@H]1CC[C@H]2[C@@H]3CCC4=C(F)C(=O)CC[C@]4(C)[C@H]3CC[C@]12C. The van der Waals surface area contributed by atoms with Gasteiger partial charge in [0.05, 0.1) is 0 Å². The van der Waals surface area contributed by atoms with Crippen LogP contribution < -0.4 is 0 Å². The molecule has 26 heavy (non-hydrogen) atoms. The van der Waals surface area contributed by atoms with Crippen LogP contribution >= 0.6 is 0 Å². The van der Waals surface area contributed by atoms with Gasteiger partial charge in [-0.2, -0.15) is 0 Å². The van der Waals surface area contributed by atoms with Crippen LogP contribution in [0.25, 0.3) is 0 Å². The number of allylic oxidation sites excluding steroid dienone is 1. The van der Waals surface area contributed by atoms with Crippen molar-refractivity contribution in [3.8, 4) is 0 Å². The summed E-state index contributed by atoms with van der Waals surface area (Å²) in [5.41, 5.74) is 0.720. The number of Topliss-reactive ketones (excluding diaryl/α,β-unsaturated/α-hetero) is 1. The lowest BCUT2D eigenvalue weighted by Gasteiger charge is -2.57. The predicted molar refractivity (Wildman–Crippen MR) is 96.9 cm³/mol. The van der Waals surface area contributed by atoms with E-state index < -0.39 is 5.83 Å². The molecule has 0 bridgehead atoms. The van der Waals surface area contributed by atoms with Gasteiger partial charge in [-0.1, -0.05) is 20.8 Å². The third-order valence-electron chi connectivity index (χ3n) is 8.53. The average molecular weight is 362 g/mol. The Morgan fingerprint density at radius 3 is 2.62 bits per heavy atom. The van der Waals surface area contributed by atoms with E-state index in [0.29, 0.717) is 30.6 Å². The second-order valence-electron chi connectivity index (χ2n) is 9.50. The van der Waals surface area contributed by atoms with Crippen molar-refractivity contribution in [3.05, 3.63) is 11.4 Å². The van der Waals surface area contributed by atoms with Crippen molar-refractivity contribution in [2.24, 2.45) is 28.6 Å². The van der Waals surface area contributed by atoms with Gasteiger partial charge in [0.15, 0.2) is 11.6 Å². The van der Waals surface area contributed by atoms with Crippen molar-refractivity contribution >= 4 is 11.8 Å². The van der Waals surface area contributed by atoms with E-state index in [0.717, 1.165) is 50.5 Å². The van der Waals surface area contributed by atoms with E-state index in [1.807, 2.05) is 6.92 Å². The van der Waals surface area contributed by atoms with Crippen molar-refractivity contribution in [3.63, 3.8) is 0 Å². The number of fused-ring (bicyclic) bond motifs is 5. The molecule has 0 aliphatic heterocycles. The molecule has 0 spiro atoms. The first kappa shape index (κ1) is 18.2. The maximum Gasteiger partial charge on any atom is 0.305 e. The summed E-state index contributed by atoms with van der Waals surface area (Å²) in [6.45, 7) is 6.37. The molecule has 0 N–H and O–H groups in total. The molecule has 0 unspecified atom stereocenters. The highest BCUT2D eigenvalue weighted by molar-refractivity contribution is 5.95. The van der Waals surface area contributed by atoms with E-state index in [4.69, 9.17) is 4.74 Å². The van der Waals surface area contributed by atoms with Gasteiger partial charge in [0.1, 0.15) is 6.10 Å². The fourth-order valence-corrected chi connectivity index (χ4v) is 7.04. The minimum absolute atomic E-state index is 0.0373. The second-order valence-corrected chi connectivity index (χ2v) is 9.50. The van der Waals surface area contributed by atoms with Crippen molar-refractivity contribution in [2.75, 3.05) is 0 Å². The fraction of sp³-hybridized carbons (Fsp3) is 0.818. The van der Waals surface area contributed by atoms with E-state index in [1.54, 1.807) is 0 Å². The first-order valence-corrected chi connectivity index (χ1v) is 10.4. The lowest BCUT2D eigenvalue weighted by atomic mass is 9.47. The highest BCUT2D eigenvalue weighted by Crippen LogP contribution is 2.66. The number of ketones is 1. The maximum atomic E-state index is 14.6. The Bertz CT molecular complexity index is 668. The number of ether oxygens (including phenoxy) is 1. The van der Waals surface area contributed by atoms with E-state index in [1.165, 1.54) is 0 Å². The normalized spacial score (nSPS) is 45.0. The summed E-state index contributed by atoms with van der Waals surface area (Å²) in [7, 11) is 0. The minimum atomic E-state index is -0.424. The van der Waals surface area contributed by atoms with Gasteiger partial charge in [-0.3, -0.25) is 9.59 Å². The first-order valence-electron chi connectivity index (χ1n) is 10.4. The second kappa shape index (κ2) is 6.17. The summed E-state index contributed by atoms with van der Waals surface area (Å²) >= 11 is 0. The Labute approximate surface area is 155 Å². The summed E-state index contributed by atoms with van der Waals surface area (Å²) in [5, 5.41) is 0. The number of rotatable bonds is 2. The number of esters is 1. The lowest BCUT2D eigenvalue weighted by Crippen LogP contribution is -2.52. The topological polar surface area (TPSA) is 43.4 Å². The molecule has 4 aliphatic rings. The molecule has 3 nitrogen and oxygen atoms in total. The average Bonchev–Trinajstić information content (AvgIpc) is 2.95. The number of carbonyl (C=O) groups excluding carboxylic acids is 2. The summed E-state index contributed by atoms with van der Waals surface area (Å²) in [6, 6.07) is 0. The molecule has 6 atom stereocenters. The quantitative estimate of drug-likeness (QED) is 0.639. The molecule has 144 valence electrons. The van der Waals surface area contributed by atoms with Gasteiger partial charge in [0.25, 0.3) is 0 Å². The third kappa shape index (κ3) is 2.43. The summed E-state index contributed by atoms with van der Waals surface area (Å²) in [5.74, 6) is 0.774. The smallest absolute Gasteiger partial charge is 0.305 e. The summed E-state index contributed by atoms with van der Waals surface area (Å²) < 4.78 is 20.4. The van der Waals surface area contributed by atoms with Crippen molar-refractivity contribution in [1.82, 2.24) is 0 Å². The van der Waals surface area contributed by atoms with Crippen LogP contribution in [-0.2, 0) is 14.3 Å². The Morgan fingerprint density at radius 2 is 1.88 bits per heavy atom. The molecule has 4 heteroatoms. The number of hydrogen-bond acceptors (Lipinski definition) is 3. The van der Waals surface area contributed by atoms with Gasteiger partial charge in [0.2, 0.25) is 0 Å². The maximum absolute atomic E-state index is 14.6. The molecule has 3 saturated carbocycles. The van der Waals surface area contributed by atoms with Crippen LogP contribution in [0.5, 0.6) is 0 Å². The fourth-order valence-electron chi connectivity index (χ4n) is 7.04. The molecule has 0 amide bonds. The molecule has 4 aliphatic carbocycles. The van der Waals surface area contributed by atoms with Crippen LogP contribution in [0.15, 0.2) is 11.4 Å². The van der Waals surface area contributed by atoms with Gasteiger partial charge >= 0.3 is 5.97 Å². The Kier molecular flexibility index (Phi) is 4.32. The van der Waals surface area contributed by atoms with Crippen LogP contribution in [-0.4, -0.2) is 17.9 Å². The molecular weight excluding hydrogens is 331 g/mol. The van der Waals surface area contributed by atoms with Gasteiger partial charge in [0, 0.05) is 18.3 Å². The zero-order valence-electron chi connectivity index (χ0n) is 16.3. The molecular formula is C22H31FO3. The first-order chi connectivity index (χ1) is 12.3. The molecule has 0 radical (unpaired) electrons. The van der Waals surface area contributed by atoms with Crippen LogP contribution in [0.2, 0.25) is 0 Å². The molecule has 0 heterocycles.